The quantitative estimate of drug-likeness (QED) is 0.314. The number of rotatable bonds is 8. The average molecular weight is 495 g/mol. The molecule has 4 rings (SSSR count). The molecule has 0 unspecified atom stereocenters. The lowest BCUT2D eigenvalue weighted by Gasteiger charge is -2.04. The maximum absolute atomic E-state index is 10.9. The summed E-state index contributed by atoms with van der Waals surface area (Å²) >= 11 is 0. The van der Waals surface area contributed by atoms with E-state index >= 15 is 0 Å². The Labute approximate surface area is 208 Å². The highest BCUT2D eigenvalue weighted by Crippen LogP contribution is 2.23. The highest BCUT2D eigenvalue weighted by molar-refractivity contribution is 5.76. The summed E-state index contributed by atoms with van der Waals surface area (Å²) < 4.78 is 7.11. The van der Waals surface area contributed by atoms with Crippen molar-refractivity contribution in [2.24, 2.45) is 0 Å². The molecule has 11 nitrogen and oxygen atoms in total. The molecule has 0 bridgehead atoms. The second kappa shape index (κ2) is 14.1. The van der Waals surface area contributed by atoms with Crippen molar-refractivity contribution in [1.29, 1.82) is 0 Å². The average Bonchev–Trinajstić information content (AvgIpc) is 3.47. The van der Waals surface area contributed by atoms with Gasteiger partial charge in [-0.3, -0.25) is 9.59 Å². The van der Waals surface area contributed by atoms with E-state index in [-0.39, 0.29) is 12.3 Å². The number of anilines is 1. The van der Waals surface area contributed by atoms with Crippen LogP contribution in [0.15, 0.2) is 47.2 Å². The van der Waals surface area contributed by atoms with Gasteiger partial charge in [0.05, 0.1) is 6.54 Å². The Balaban J connectivity index is 0.000000232. The summed E-state index contributed by atoms with van der Waals surface area (Å²) in [4.78, 5) is 38.2. The molecular weight excluding hydrogens is 464 g/mol. The van der Waals surface area contributed by atoms with E-state index < -0.39 is 0 Å². The third-order valence-electron chi connectivity index (χ3n) is 5.03. The molecule has 0 saturated carbocycles. The number of hydrogen-bond donors (Lipinski definition) is 3. The molecule has 0 atom stereocenters. The number of aryl methyl sites for hydroxylation is 3. The van der Waals surface area contributed by atoms with Crippen LogP contribution in [0.5, 0.6) is 0 Å². The number of carbonyl (C=O) groups is 3. The molecule has 190 valence electrons. The molecule has 0 radical (unpaired) electrons. The number of hydrogen-bond acceptors (Lipinski definition) is 8. The Hall–Kier alpha value is -4.38. The van der Waals surface area contributed by atoms with E-state index in [1.807, 2.05) is 68.0 Å². The molecule has 3 aromatic heterocycles. The number of benzene rings is 1. The number of nitrogens with zero attached hydrogens (tertiary/aromatic N) is 4. The number of ketones is 1. The summed E-state index contributed by atoms with van der Waals surface area (Å²) in [5.74, 6) is 1.27. The van der Waals surface area contributed by atoms with Crippen molar-refractivity contribution >= 4 is 30.0 Å². The largest absolute Gasteiger partial charge is 0.483 e. The van der Waals surface area contributed by atoms with Gasteiger partial charge in [-0.15, -0.1) is 0 Å². The minimum atomic E-state index is -0.250. The normalized spacial score (nSPS) is 10.0. The van der Waals surface area contributed by atoms with Gasteiger partial charge in [0.1, 0.15) is 11.4 Å². The minimum absolute atomic E-state index is 0.231. The van der Waals surface area contributed by atoms with E-state index in [1.54, 1.807) is 6.92 Å². The molecule has 3 heterocycles. The van der Waals surface area contributed by atoms with E-state index in [1.165, 1.54) is 5.56 Å². The molecule has 1 amide bonds. The van der Waals surface area contributed by atoms with E-state index in [4.69, 9.17) is 14.4 Å². The summed E-state index contributed by atoms with van der Waals surface area (Å²) in [6.45, 7) is 5.84. The Morgan fingerprint density at radius 1 is 1.19 bits per heavy atom. The first kappa shape index (κ1) is 27.9. The maximum Gasteiger partial charge on any atom is 0.290 e. The fraction of sp³-hybridized carbons (Fsp3) is 0.280. The number of nitrogens with one attached hydrogen (secondary N) is 2. The van der Waals surface area contributed by atoms with Gasteiger partial charge in [-0.2, -0.15) is 4.98 Å². The number of Topliss-reactive ketones (excluding diaryl/α,β-unsaturated/α-hetero) is 1. The standard InChI is InChI=1S/C12H14N4O2.C12H14N2O.CH2O2/c1-8-3-4-9(5-10(8)14-7-17)12-15-11(6-13-2)18-16-12;1-9-8-13-12-7-11(4-3-10(2)15)5-6-14(9)12;2-1-3/h3-5,7,13H,6H2,1-2H3,(H,14,17);5-8H,3-4H2,1-2H3;1H,(H,2,3). The third-order valence-corrected chi connectivity index (χ3v) is 5.03. The van der Waals surface area contributed by atoms with Crippen LogP contribution in [0.3, 0.4) is 0 Å². The molecule has 11 heteroatoms. The van der Waals surface area contributed by atoms with Gasteiger partial charge < -0.3 is 29.5 Å². The Bertz CT molecular complexity index is 1300. The smallest absolute Gasteiger partial charge is 0.290 e. The molecule has 4 aromatic rings. The van der Waals surface area contributed by atoms with Crippen LogP contribution in [0, 0.1) is 13.8 Å². The van der Waals surface area contributed by atoms with Gasteiger partial charge in [0.25, 0.3) is 6.47 Å². The summed E-state index contributed by atoms with van der Waals surface area (Å²) in [6, 6.07) is 9.69. The van der Waals surface area contributed by atoms with Crippen molar-refractivity contribution in [3.63, 3.8) is 0 Å². The third kappa shape index (κ3) is 8.13. The van der Waals surface area contributed by atoms with Gasteiger partial charge >= 0.3 is 0 Å². The van der Waals surface area contributed by atoms with Crippen molar-refractivity contribution < 1.29 is 24.0 Å². The molecular formula is C25H30N6O5. The predicted octanol–water partition coefficient (Wildman–Crippen LogP) is 3.20. The Morgan fingerprint density at radius 3 is 2.61 bits per heavy atom. The van der Waals surface area contributed by atoms with Crippen LogP contribution < -0.4 is 10.6 Å². The van der Waals surface area contributed by atoms with Gasteiger partial charge in [0, 0.05) is 35.8 Å². The molecule has 0 saturated heterocycles. The number of carbonyl (C=O) groups excluding carboxylic acids is 2. The topological polar surface area (TPSA) is 152 Å². The van der Waals surface area contributed by atoms with Crippen molar-refractivity contribution in [1.82, 2.24) is 24.8 Å². The molecule has 0 spiro atoms. The highest BCUT2D eigenvalue weighted by Gasteiger charge is 2.09. The number of fused-ring (bicyclic) bond motifs is 1. The van der Waals surface area contributed by atoms with Crippen molar-refractivity contribution in [2.75, 3.05) is 12.4 Å². The van der Waals surface area contributed by atoms with Crippen LogP contribution in [-0.2, 0) is 27.3 Å². The highest BCUT2D eigenvalue weighted by atomic mass is 16.5. The lowest BCUT2D eigenvalue weighted by Crippen LogP contribution is -2.04. The van der Waals surface area contributed by atoms with E-state index in [0.29, 0.717) is 31.1 Å². The first-order valence-corrected chi connectivity index (χ1v) is 11.1. The first-order valence-electron chi connectivity index (χ1n) is 11.1. The lowest BCUT2D eigenvalue weighted by molar-refractivity contribution is -0.123. The zero-order chi connectivity index (χ0) is 26.5. The molecule has 36 heavy (non-hydrogen) atoms. The summed E-state index contributed by atoms with van der Waals surface area (Å²) in [5.41, 5.74) is 5.77. The Kier molecular flexibility index (Phi) is 10.9. The summed E-state index contributed by atoms with van der Waals surface area (Å²) in [7, 11) is 1.81. The van der Waals surface area contributed by atoms with Crippen LogP contribution in [0.25, 0.3) is 17.0 Å². The van der Waals surface area contributed by atoms with Crippen molar-refractivity contribution in [3.05, 3.63) is 65.4 Å². The van der Waals surface area contributed by atoms with Crippen LogP contribution in [0.4, 0.5) is 5.69 Å². The fourth-order valence-corrected chi connectivity index (χ4v) is 3.20. The zero-order valence-corrected chi connectivity index (χ0v) is 20.7. The number of carboxylic acid groups (broad SMARTS) is 1. The molecule has 0 aliphatic heterocycles. The molecule has 0 aliphatic rings. The van der Waals surface area contributed by atoms with Crippen LogP contribution >= 0.6 is 0 Å². The monoisotopic (exact) mass is 494 g/mol. The van der Waals surface area contributed by atoms with Gasteiger partial charge in [-0.1, -0.05) is 17.3 Å². The maximum atomic E-state index is 10.9. The predicted molar refractivity (Wildman–Crippen MR) is 135 cm³/mol. The van der Waals surface area contributed by atoms with E-state index in [9.17, 15) is 9.59 Å². The molecule has 0 aliphatic carbocycles. The number of imidazole rings is 1. The SMILES string of the molecule is CC(=O)CCc1ccn2c(C)cnc2c1.CNCc1nc(-c2ccc(C)c(NC=O)c2)no1.O=CO. The minimum Gasteiger partial charge on any atom is -0.483 e. The van der Waals surface area contributed by atoms with Gasteiger partial charge in [0.15, 0.2) is 0 Å². The number of pyridine rings is 1. The van der Waals surface area contributed by atoms with Gasteiger partial charge in [0.2, 0.25) is 18.1 Å². The van der Waals surface area contributed by atoms with Gasteiger partial charge in [-0.25, -0.2) is 4.98 Å². The second-order valence-corrected chi connectivity index (χ2v) is 7.80. The lowest BCUT2D eigenvalue weighted by atomic mass is 10.1. The van der Waals surface area contributed by atoms with Crippen LogP contribution in [0.1, 0.15) is 36.1 Å². The van der Waals surface area contributed by atoms with Crippen molar-refractivity contribution in [3.8, 4) is 11.4 Å². The Morgan fingerprint density at radius 2 is 1.94 bits per heavy atom. The van der Waals surface area contributed by atoms with Crippen LogP contribution in [0.2, 0.25) is 0 Å². The fourth-order valence-electron chi connectivity index (χ4n) is 3.20. The molecule has 3 N–H and O–H groups in total. The van der Waals surface area contributed by atoms with E-state index in [0.717, 1.165) is 34.6 Å². The van der Waals surface area contributed by atoms with Crippen LogP contribution in [-0.4, -0.2) is 50.3 Å². The first-order chi connectivity index (χ1) is 17.3. The van der Waals surface area contributed by atoms with E-state index in [2.05, 4.69) is 25.8 Å². The summed E-state index contributed by atoms with van der Waals surface area (Å²) in [6.07, 6.45) is 5.92. The molecule has 0 fully saturated rings. The summed E-state index contributed by atoms with van der Waals surface area (Å²) in [5, 5.41) is 16.4. The zero-order valence-electron chi connectivity index (χ0n) is 20.7. The number of amides is 1. The van der Waals surface area contributed by atoms with Gasteiger partial charge in [-0.05, 0) is 63.6 Å². The van der Waals surface area contributed by atoms with Crippen molar-refractivity contribution in [2.45, 2.75) is 40.2 Å². The molecule has 1 aromatic carbocycles. The second-order valence-electron chi connectivity index (χ2n) is 7.80. The number of aromatic nitrogens is 4.